The van der Waals surface area contributed by atoms with Gasteiger partial charge in [0.15, 0.2) is 0 Å². The van der Waals surface area contributed by atoms with E-state index >= 15 is 0 Å². The SMILES string of the molecule is O=C(O)[C@@H]1C[C@H]2C[C@H]1[C@@H]1C[C@H]21. The molecule has 3 saturated carbocycles. The van der Waals surface area contributed by atoms with Gasteiger partial charge in [-0.05, 0) is 42.9 Å². The molecule has 5 atom stereocenters. The number of carboxylic acid groups (broad SMARTS) is 1. The minimum Gasteiger partial charge on any atom is -0.481 e. The Labute approximate surface area is 65.6 Å². The first-order valence-corrected chi connectivity index (χ1v) is 4.50. The second kappa shape index (κ2) is 1.62. The zero-order valence-corrected chi connectivity index (χ0v) is 6.36. The van der Waals surface area contributed by atoms with Gasteiger partial charge in [0.05, 0.1) is 5.92 Å². The fourth-order valence-corrected chi connectivity index (χ4v) is 3.49. The molecule has 2 nitrogen and oxygen atoms in total. The highest BCUT2D eigenvalue weighted by Crippen LogP contribution is 2.67. The maximum Gasteiger partial charge on any atom is 0.306 e. The Bertz CT molecular complexity index is 224. The van der Waals surface area contributed by atoms with Gasteiger partial charge in [0.25, 0.3) is 0 Å². The van der Waals surface area contributed by atoms with Crippen molar-refractivity contribution in [2.45, 2.75) is 19.3 Å². The normalized spacial score (nSPS) is 57.6. The zero-order chi connectivity index (χ0) is 7.59. The van der Waals surface area contributed by atoms with Gasteiger partial charge in [-0.2, -0.15) is 0 Å². The van der Waals surface area contributed by atoms with Crippen LogP contribution in [0.1, 0.15) is 19.3 Å². The fourth-order valence-electron chi connectivity index (χ4n) is 3.49. The number of rotatable bonds is 1. The Morgan fingerprint density at radius 3 is 2.45 bits per heavy atom. The molecular formula is C9H12O2. The minimum absolute atomic E-state index is 0.0312. The number of hydrogen-bond donors (Lipinski definition) is 1. The van der Waals surface area contributed by atoms with Crippen LogP contribution in [-0.4, -0.2) is 11.1 Å². The van der Waals surface area contributed by atoms with Crippen molar-refractivity contribution in [3.63, 3.8) is 0 Å². The molecule has 3 fully saturated rings. The summed E-state index contributed by atoms with van der Waals surface area (Å²) >= 11 is 0. The van der Waals surface area contributed by atoms with Crippen LogP contribution in [0.15, 0.2) is 0 Å². The Morgan fingerprint density at radius 1 is 1.09 bits per heavy atom. The van der Waals surface area contributed by atoms with Gasteiger partial charge in [-0.3, -0.25) is 4.79 Å². The molecule has 0 aromatic heterocycles. The van der Waals surface area contributed by atoms with Gasteiger partial charge >= 0.3 is 5.97 Å². The molecular weight excluding hydrogens is 140 g/mol. The number of aliphatic carboxylic acids is 1. The number of carbonyl (C=O) groups is 1. The molecule has 3 aliphatic carbocycles. The molecule has 2 heteroatoms. The van der Waals surface area contributed by atoms with Gasteiger partial charge in [-0.1, -0.05) is 0 Å². The monoisotopic (exact) mass is 152 g/mol. The van der Waals surface area contributed by atoms with E-state index in [1.165, 1.54) is 12.8 Å². The molecule has 2 bridgehead atoms. The summed E-state index contributed by atoms with van der Waals surface area (Å²) in [6.45, 7) is 0. The average Bonchev–Trinajstić information content (AvgIpc) is 2.57. The van der Waals surface area contributed by atoms with Crippen molar-refractivity contribution in [2.24, 2.45) is 29.6 Å². The lowest BCUT2D eigenvalue weighted by molar-refractivity contribution is -0.143. The third-order valence-electron chi connectivity index (χ3n) is 4.01. The predicted molar refractivity (Wildman–Crippen MR) is 38.9 cm³/mol. The van der Waals surface area contributed by atoms with Crippen LogP contribution >= 0.6 is 0 Å². The molecule has 0 spiro atoms. The topological polar surface area (TPSA) is 37.3 Å². The highest BCUT2D eigenvalue weighted by Gasteiger charge is 2.62. The summed E-state index contributed by atoms with van der Waals surface area (Å²) in [5.41, 5.74) is 0. The van der Waals surface area contributed by atoms with Crippen molar-refractivity contribution in [3.05, 3.63) is 0 Å². The highest BCUT2D eigenvalue weighted by atomic mass is 16.4. The number of hydrogen-bond acceptors (Lipinski definition) is 1. The largest absolute Gasteiger partial charge is 0.481 e. The van der Waals surface area contributed by atoms with Crippen molar-refractivity contribution in [1.82, 2.24) is 0 Å². The fraction of sp³-hybridized carbons (Fsp3) is 0.889. The molecule has 0 aromatic rings. The predicted octanol–water partition coefficient (Wildman–Crippen LogP) is 1.36. The van der Waals surface area contributed by atoms with Gasteiger partial charge in [0.1, 0.15) is 0 Å². The lowest BCUT2D eigenvalue weighted by Gasteiger charge is -2.15. The van der Waals surface area contributed by atoms with E-state index < -0.39 is 5.97 Å². The maximum atomic E-state index is 10.8. The van der Waals surface area contributed by atoms with E-state index in [0.29, 0.717) is 5.92 Å². The van der Waals surface area contributed by atoms with Gasteiger partial charge < -0.3 is 5.11 Å². The summed E-state index contributed by atoms with van der Waals surface area (Å²) in [5.74, 6) is 2.64. The van der Waals surface area contributed by atoms with Crippen molar-refractivity contribution >= 4 is 5.97 Å². The van der Waals surface area contributed by atoms with E-state index in [2.05, 4.69) is 0 Å². The van der Waals surface area contributed by atoms with Crippen LogP contribution in [0.2, 0.25) is 0 Å². The zero-order valence-electron chi connectivity index (χ0n) is 6.36. The van der Waals surface area contributed by atoms with E-state index in [-0.39, 0.29) is 5.92 Å². The van der Waals surface area contributed by atoms with E-state index in [9.17, 15) is 4.79 Å². The van der Waals surface area contributed by atoms with E-state index in [0.717, 1.165) is 24.2 Å². The molecule has 0 aliphatic heterocycles. The van der Waals surface area contributed by atoms with Gasteiger partial charge in [0, 0.05) is 0 Å². The van der Waals surface area contributed by atoms with Crippen molar-refractivity contribution in [1.29, 1.82) is 0 Å². The van der Waals surface area contributed by atoms with Crippen molar-refractivity contribution < 1.29 is 9.90 Å². The first kappa shape index (κ1) is 6.04. The molecule has 0 aromatic carbocycles. The van der Waals surface area contributed by atoms with E-state index in [1.54, 1.807) is 0 Å². The van der Waals surface area contributed by atoms with E-state index in [4.69, 9.17) is 5.11 Å². The molecule has 0 unspecified atom stereocenters. The molecule has 0 saturated heterocycles. The standard InChI is InChI=1S/C9H12O2/c10-9(11)8-2-4-1-6(8)7-3-5(4)7/h4-8H,1-3H2,(H,10,11)/t4-,5-,6+,7-,8-/m1/s1. The van der Waals surface area contributed by atoms with Gasteiger partial charge in [-0.25, -0.2) is 0 Å². The summed E-state index contributed by atoms with van der Waals surface area (Å²) in [6.07, 6.45) is 3.56. The first-order valence-electron chi connectivity index (χ1n) is 4.50. The van der Waals surface area contributed by atoms with Crippen LogP contribution in [-0.2, 0) is 4.79 Å². The van der Waals surface area contributed by atoms with Crippen LogP contribution in [0, 0.1) is 29.6 Å². The summed E-state index contributed by atoms with van der Waals surface area (Å²) in [7, 11) is 0. The second-order valence-electron chi connectivity index (χ2n) is 4.40. The van der Waals surface area contributed by atoms with Crippen LogP contribution in [0.3, 0.4) is 0 Å². The molecule has 1 N–H and O–H groups in total. The Hall–Kier alpha value is -0.530. The molecule has 0 heterocycles. The molecule has 0 amide bonds. The second-order valence-corrected chi connectivity index (χ2v) is 4.40. The van der Waals surface area contributed by atoms with Crippen LogP contribution in [0.5, 0.6) is 0 Å². The lowest BCUT2D eigenvalue weighted by atomic mass is 9.89. The van der Waals surface area contributed by atoms with Crippen LogP contribution < -0.4 is 0 Å². The van der Waals surface area contributed by atoms with E-state index in [1.807, 2.05) is 0 Å². The Kier molecular flexibility index (Phi) is 0.890. The minimum atomic E-state index is -0.539. The average molecular weight is 152 g/mol. The molecule has 3 aliphatic rings. The first-order chi connectivity index (χ1) is 5.27. The summed E-state index contributed by atoms with van der Waals surface area (Å²) in [5, 5.41) is 8.87. The summed E-state index contributed by atoms with van der Waals surface area (Å²) in [4.78, 5) is 10.8. The smallest absolute Gasteiger partial charge is 0.306 e. The number of carboxylic acids is 1. The van der Waals surface area contributed by atoms with Crippen LogP contribution in [0.25, 0.3) is 0 Å². The molecule has 60 valence electrons. The Balaban J connectivity index is 1.87. The lowest BCUT2D eigenvalue weighted by Crippen LogP contribution is -2.21. The maximum absolute atomic E-state index is 10.8. The van der Waals surface area contributed by atoms with Gasteiger partial charge in [-0.15, -0.1) is 0 Å². The van der Waals surface area contributed by atoms with Crippen molar-refractivity contribution in [2.75, 3.05) is 0 Å². The Morgan fingerprint density at radius 2 is 1.91 bits per heavy atom. The van der Waals surface area contributed by atoms with Gasteiger partial charge in [0.2, 0.25) is 0 Å². The molecule has 11 heavy (non-hydrogen) atoms. The van der Waals surface area contributed by atoms with Crippen LogP contribution in [0.4, 0.5) is 0 Å². The quantitative estimate of drug-likeness (QED) is 0.616. The molecule has 0 radical (unpaired) electrons. The third-order valence-corrected chi connectivity index (χ3v) is 4.01. The number of fused-ring (bicyclic) bond motifs is 5. The summed E-state index contributed by atoms with van der Waals surface area (Å²) < 4.78 is 0. The van der Waals surface area contributed by atoms with Crippen molar-refractivity contribution in [3.8, 4) is 0 Å². The third kappa shape index (κ3) is 0.608. The summed E-state index contributed by atoms with van der Waals surface area (Å²) in [6, 6.07) is 0. The highest BCUT2D eigenvalue weighted by molar-refractivity contribution is 5.71. The molecule has 3 rings (SSSR count).